The van der Waals surface area contributed by atoms with E-state index >= 15 is 0 Å². The summed E-state index contributed by atoms with van der Waals surface area (Å²) in [5, 5.41) is 11.0. The van der Waals surface area contributed by atoms with Crippen LogP contribution in [-0.4, -0.2) is 44.7 Å². The second-order valence-corrected chi connectivity index (χ2v) is 7.54. The molecular weight excluding hydrogens is 485 g/mol. The van der Waals surface area contributed by atoms with Crippen LogP contribution in [0.1, 0.15) is 27.7 Å². The Kier molecular flexibility index (Phi) is 7.93. The van der Waals surface area contributed by atoms with Crippen LogP contribution in [0.25, 0.3) is 5.82 Å². The van der Waals surface area contributed by atoms with Crippen molar-refractivity contribution in [1.29, 1.82) is 0 Å². The Hall–Kier alpha value is -2.01. The number of thiazole rings is 1. The van der Waals surface area contributed by atoms with Crippen molar-refractivity contribution in [3.8, 4) is 5.82 Å². The summed E-state index contributed by atoms with van der Waals surface area (Å²) >= 11 is 1.66. The number of nitrogens with zero attached hydrogens (tertiary/aromatic N) is 6. The lowest BCUT2D eigenvalue weighted by Crippen LogP contribution is -2.38. The maximum atomic E-state index is 4.54. The first kappa shape index (κ1) is 22.3. The Balaban J connectivity index is 0.00000280. The Bertz CT molecular complexity index is 930. The molecule has 0 radical (unpaired) electrons. The fourth-order valence-corrected chi connectivity index (χ4v) is 3.48. The van der Waals surface area contributed by atoms with Crippen molar-refractivity contribution in [2.75, 3.05) is 14.1 Å². The van der Waals surface area contributed by atoms with E-state index in [1.54, 1.807) is 18.4 Å². The highest BCUT2D eigenvalue weighted by molar-refractivity contribution is 14.0. The van der Waals surface area contributed by atoms with Crippen LogP contribution >= 0.6 is 35.3 Å². The Morgan fingerprint density at radius 1 is 1.29 bits per heavy atom. The predicted molar refractivity (Wildman–Crippen MR) is 125 cm³/mol. The van der Waals surface area contributed by atoms with E-state index in [2.05, 4.69) is 41.7 Å². The zero-order chi connectivity index (χ0) is 19.4. The van der Waals surface area contributed by atoms with Gasteiger partial charge < -0.3 is 10.2 Å². The fourth-order valence-electron chi connectivity index (χ4n) is 2.87. The number of hydrogen-bond acceptors (Lipinski definition) is 5. The van der Waals surface area contributed by atoms with Gasteiger partial charge in [0.05, 0.1) is 22.9 Å². The molecule has 0 aliphatic carbocycles. The van der Waals surface area contributed by atoms with E-state index in [0.717, 1.165) is 46.0 Å². The maximum Gasteiger partial charge on any atom is 0.194 e. The first-order valence-corrected chi connectivity index (χ1v) is 9.65. The number of pyridine rings is 1. The molecule has 0 aliphatic rings. The third kappa shape index (κ3) is 5.51. The normalized spacial score (nSPS) is 11.2. The fraction of sp³-hybridized carbons (Fsp3) is 0.368. The molecule has 0 atom stereocenters. The molecule has 0 spiro atoms. The summed E-state index contributed by atoms with van der Waals surface area (Å²) < 4.78 is 1.86. The molecule has 0 fully saturated rings. The lowest BCUT2D eigenvalue weighted by atomic mass is 10.3. The minimum Gasteiger partial charge on any atom is -0.352 e. The number of hydrogen-bond donors (Lipinski definition) is 1. The number of rotatable bonds is 5. The van der Waals surface area contributed by atoms with Gasteiger partial charge in [-0.2, -0.15) is 5.10 Å². The van der Waals surface area contributed by atoms with Crippen LogP contribution in [0.2, 0.25) is 0 Å². The van der Waals surface area contributed by atoms with Gasteiger partial charge in [-0.05, 0) is 38.5 Å². The molecule has 0 unspecified atom stereocenters. The van der Waals surface area contributed by atoms with Crippen molar-refractivity contribution in [1.82, 2.24) is 30.0 Å². The van der Waals surface area contributed by atoms with E-state index in [0.29, 0.717) is 6.54 Å². The van der Waals surface area contributed by atoms with Gasteiger partial charge in [-0.3, -0.25) is 4.99 Å². The molecule has 0 amide bonds. The van der Waals surface area contributed by atoms with Gasteiger partial charge >= 0.3 is 0 Å². The third-order valence-electron chi connectivity index (χ3n) is 4.13. The minimum absolute atomic E-state index is 0. The lowest BCUT2D eigenvalue weighted by Gasteiger charge is -2.21. The van der Waals surface area contributed by atoms with Crippen molar-refractivity contribution in [3.63, 3.8) is 0 Å². The van der Waals surface area contributed by atoms with Crippen LogP contribution in [0, 0.1) is 20.8 Å². The molecule has 3 rings (SSSR count). The average molecular weight is 511 g/mol. The number of aromatic nitrogens is 4. The van der Waals surface area contributed by atoms with Crippen molar-refractivity contribution in [3.05, 3.63) is 57.4 Å². The number of nitrogens with one attached hydrogen (secondary N) is 1. The SMILES string of the molecule is CN=C(NCc1ccc(-n2nc(C)cc2C)nc1)N(C)Cc1csc(C)n1.I. The van der Waals surface area contributed by atoms with Crippen LogP contribution in [0.3, 0.4) is 0 Å². The lowest BCUT2D eigenvalue weighted by molar-refractivity contribution is 0.470. The molecule has 3 heterocycles. The van der Waals surface area contributed by atoms with E-state index in [1.807, 2.05) is 50.8 Å². The van der Waals surface area contributed by atoms with Crippen molar-refractivity contribution in [2.24, 2.45) is 4.99 Å². The van der Waals surface area contributed by atoms with Crippen LogP contribution in [0.4, 0.5) is 0 Å². The molecule has 3 aromatic rings. The second-order valence-electron chi connectivity index (χ2n) is 6.48. The van der Waals surface area contributed by atoms with Gasteiger partial charge in [0.1, 0.15) is 0 Å². The third-order valence-corrected chi connectivity index (χ3v) is 4.95. The molecule has 0 aromatic carbocycles. The predicted octanol–water partition coefficient (Wildman–Crippen LogP) is 3.47. The quantitative estimate of drug-likeness (QED) is 0.323. The molecule has 0 aliphatic heterocycles. The molecule has 7 nitrogen and oxygen atoms in total. The molecule has 9 heteroatoms. The maximum absolute atomic E-state index is 4.54. The smallest absolute Gasteiger partial charge is 0.194 e. The summed E-state index contributed by atoms with van der Waals surface area (Å²) in [5.41, 5.74) is 4.20. The van der Waals surface area contributed by atoms with Crippen molar-refractivity contribution < 1.29 is 0 Å². The molecule has 1 N–H and O–H groups in total. The molecule has 28 heavy (non-hydrogen) atoms. The molecule has 0 saturated carbocycles. The number of halogens is 1. The highest BCUT2D eigenvalue weighted by Gasteiger charge is 2.09. The van der Waals surface area contributed by atoms with Gasteiger partial charge in [-0.15, -0.1) is 35.3 Å². The minimum atomic E-state index is 0. The summed E-state index contributed by atoms with van der Waals surface area (Å²) in [7, 11) is 3.80. The zero-order valence-electron chi connectivity index (χ0n) is 16.8. The standard InChI is InChI=1S/C19H25N7S.HI/c1-13-8-14(2)26(24-13)18-7-6-16(9-21-18)10-22-19(20-4)25(5)11-17-12-27-15(3)23-17;/h6-9,12H,10-11H2,1-5H3,(H,20,22);1H. The average Bonchev–Trinajstić information content (AvgIpc) is 3.20. The van der Waals surface area contributed by atoms with E-state index in [-0.39, 0.29) is 24.0 Å². The van der Waals surface area contributed by atoms with Crippen LogP contribution in [0.5, 0.6) is 0 Å². The first-order valence-electron chi connectivity index (χ1n) is 8.77. The summed E-state index contributed by atoms with van der Waals surface area (Å²) in [5.74, 6) is 1.65. The summed E-state index contributed by atoms with van der Waals surface area (Å²) in [6.45, 7) is 7.40. The molecular formula is C19H26IN7S. The molecule has 0 saturated heterocycles. The largest absolute Gasteiger partial charge is 0.352 e. The number of aryl methyl sites for hydroxylation is 3. The van der Waals surface area contributed by atoms with Crippen LogP contribution in [0.15, 0.2) is 34.8 Å². The number of guanidine groups is 1. The second kappa shape index (κ2) is 9.97. The van der Waals surface area contributed by atoms with Gasteiger partial charge in [-0.1, -0.05) is 6.07 Å². The summed E-state index contributed by atoms with van der Waals surface area (Å²) in [6, 6.07) is 6.09. The number of aliphatic imine (C=N–C) groups is 1. The topological polar surface area (TPSA) is 71.2 Å². The van der Waals surface area contributed by atoms with Gasteiger partial charge in [0.2, 0.25) is 0 Å². The van der Waals surface area contributed by atoms with E-state index in [4.69, 9.17) is 0 Å². The van der Waals surface area contributed by atoms with Crippen LogP contribution < -0.4 is 5.32 Å². The van der Waals surface area contributed by atoms with Crippen molar-refractivity contribution >= 4 is 41.3 Å². The van der Waals surface area contributed by atoms with E-state index in [9.17, 15) is 0 Å². The first-order chi connectivity index (χ1) is 13.0. The highest BCUT2D eigenvalue weighted by atomic mass is 127. The molecule has 150 valence electrons. The van der Waals surface area contributed by atoms with Crippen molar-refractivity contribution in [2.45, 2.75) is 33.9 Å². The zero-order valence-corrected chi connectivity index (χ0v) is 19.9. The van der Waals surface area contributed by atoms with E-state index in [1.165, 1.54) is 0 Å². The van der Waals surface area contributed by atoms with Crippen LogP contribution in [-0.2, 0) is 13.1 Å². The van der Waals surface area contributed by atoms with Gasteiger partial charge in [0, 0.05) is 37.9 Å². The monoisotopic (exact) mass is 511 g/mol. The molecule has 3 aromatic heterocycles. The van der Waals surface area contributed by atoms with Gasteiger partial charge in [0.15, 0.2) is 11.8 Å². The summed E-state index contributed by atoms with van der Waals surface area (Å²) in [6.07, 6.45) is 1.87. The molecule has 0 bridgehead atoms. The van der Waals surface area contributed by atoms with E-state index < -0.39 is 0 Å². The Labute approximate surface area is 187 Å². The Morgan fingerprint density at radius 2 is 2.07 bits per heavy atom. The highest BCUT2D eigenvalue weighted by Crippen LogP contribution is 2.11. The Morgan fingerprint density at radius 3 is 2.61 bits per heavy atom. The summed E-state index contributed by atoms with van der Waals surface area (Å²) in [4.78, 5) is 15.5. The van der Waals surface area contributed by atoms with Gasteiger partial charge in [-0.25, -0.2) is 14.6 Å². The van der Waals surface area contributed by atoms with Gasteiger partial charge in [0.25, 0.3) is 0 Å².